The fourth-order valence-corrected chi connectivity index (χ4v) is 2.18. The largest absolute Gasteiger partial charge is 0.478 e. The lowest BCUT2D eigenvalue weighted by Crippen LogP contribution is -2.29. The average molecular weight is 296 g/mol. The third-order valence-electron chi connectivity index (χ3n) is 2.97. The zero-order chi connectivity index (χ0) is 15.1. The summed E-state index contributed by atoms with van der Waals surface area (Å²) in [5, 5.41) is 14.5. The van der Waals surface area contributed by atoms with Crippen LogP contribution in [0.2, 0.25) is 0 Å². The van der Waals surface area contributed by atoms with Crippen molar-refractivity contribution in [2.75, 3.05) is 23.9 Å². The predicted octanol–water partition coefficient (Wildman–Crippen LogP) is 2.88. The summed E-state index contributed by atoms with van der Waals surface area (Å²) in [6.45, 7) is 4.18. The van der Waals surface area contributed by atoms with Crippen LogP contribution >= 0.6 is 11.8 Å². The topological polar surface area (TPSA) is 78.4 Å². The fourth-order valence-electron chi connectivity index (χ4n) is 1.75. The van der Waals surface area contributed by atoms with Crippen LogP contribution in [0.3, 0.4) is 0 Å². The normalized spacial score (nSPS) is 10.2. The molecule has 1 rings (SSSR count). The third-order valence-corrected chi connectivity index (χ3v) is 3.66. The summed E-state index contributed by atoms with van der Waals surface area (Å²) >= 11 is 1.73. The van der Waals surface area contributed by atoms with E-state index in [2.05, 4.69) is 10.6 Å². The molecule has 0 aliphatic rings. The number of aryl methyl sites for hydroxylation is 1. The van der Waals surface area contributed by atoms with Crippen molar-refractivity contribution in [3.05, 3.63) is 28.8 Å². The number of nitrogens with one attached hydrogen (secondary N) is 2. The SMILES string of the molecule is CSCCCNC(=O)Nc1cc(C)c(C)c(C(=O)O)c1. The highest BCUT2D eigenvalue weighted by atomic mass is 32.2. The summed E-state index contributed by atoms with van der Waals surface area (Å²) < 4.78 is 0. The van der Waals surface area contributed by atoms with Crippen LogP contribution in [0.4, 0.5) is 10.5 Å². The lowest BCUT2D eigenvalue weighted by Gasteiger charge is -2.11. The Morgan fingerprint density at radius 2 is 2.00 bits per heavy atom. The molecule has 0 unspecified atom stereocenters. The van der Waals surface area contributed by atoms with Crippen LogP contribution in [0.1, 0.15) is 27.9 Å². The van der Waals surface area contributed by atoms with Crippen LogP contribution in [0, 0.1) is 13.8 Å². The molecule has 2 amide bonds. The highest BCUT2D eigenvalue weighted by Gasteiger charge is 2.12. The number of thioether (sulfide) groups is 1. The maximum atomic E-state index is 11.7. The smallest absolute Gasteiger partial charge is 0.336 e. The standard InChI is InChI=1S/C14H20N2O3S/c1-9-7-11(8-12(10(9)2)13(17)18)16-14(19)15-5-4-6-20-3/h7-8H,4-6H2,1-3H3,(H,17,18)(H2,15,16,19). The van der Waals surface area contributed by atoms with Crippen LogP contribution in [0.25, 0.3) is 0 Å². The van der Waals surface area contributed by atoms with E-state index in [0.29, 0.717) is 17.8 Å². The molecule has 1 aromatic rings. The summed E-state index contributed by atoms with van der Waals surface area (Å²) in [4.78, 5) is 22.8. The second kappa shape index (κ2) is 7.79. The van der Waals surface area contributed by atoms with E-state index in [4.69, 9.17) is 5.11 Å². The van der Waals surface area contributed by atoms with Crippen LogP contribution in [-0.4, -0.2) is 35.7 Å². The number of amides is 2. The minimum absolute atomic E-state index is 0.211. The molecule has 6 heteroatoms. The van der Waals surface area contributed by atoms with Crippen LogP contribution in [0.5, 0.6) is 0 Å². The number of hydrogen-bond acceptors (Lipinski definition) is 3. The molecule has 110 valence electrons. The minimum atomic E-state index is -0.991. The van der Waals surface area contributed by atoms with Crippen molar-refractivity contribution < 1.29 is 14.7 Å². The Morgan fingerprint density at radius 1 is 1.30 bits per heavy atom. The van der Waals surface area contributed by atoms with Crippen LogP contribution in [0.15, 0.2) is 12.1 Å². The number of carboxylic acid groups (broad SMARTS) is 1. The molecule has 0 atom stereocenters. The molecule has 0 aliphatic heterocycles. The Hall–Kier alpha value is -1.69. The lowest BCUT2D eigenvalue weighted by atomic mass is 10.0. The van der Waals surface area contributed by atoms with Crippen LogP contribution in [-0.2, 0) is 0 Å². The number of urea groups is 1. The van der Waals surface area contributed by atoms with Crippen molar-refractivity contribution in [1.82, 2.24) is 5.32 Å². The van der Waals surface area contributed by atoms with Gasteiger partial charge in [0.1, 0.15) is 0 Å². The predicted molar refractivity (Wildman–Crippen MR) is 82.9 cm³/mol. The molecule has 0 aromatic heterocycles. The first-order valence-electron chi connectivity index (χ1n) is 6.34. The van der Waals surface area contributed by atoms with Gasteiger partial charge in [-0.2, -0.15) is 11.8 Å². The van der Waals surface area contributed by atoms with E-state index in [0.717, 1.165) is 17.7 Å². The quantitative estimate of drug-likeness (QED) is 0.705. The summed E-state index contributed by atoms with van der Waals surface area (Å²) in [5.74, 6) is 0.00205. The van der Waals surface area contributed by atoms with Crippen LogP contribution < -0.4 is 10.6 Å². The second-order valence-corrected chi connectivity index (χ2v) is 5.48. The van der Waals surface area contributed by atoms with Gasteiger partial charge in [0.15, 0.2) is 0 Å². The molecule has 0 spiro atoms. The van der Waals surface area contributed by atoms with Gasteiger partial charge in [0, 0.05) is 12.2 Å². The van der Waals surface area contributed by atoms with Gasteiger partial charge in [-0.05, 0) is 55.5 Å². The molecule has 0 bridgehead atoms. The summed E-state index contributed by atoms with van der Waals surface area (Å²) in [6, 6.07) is 2.93. The molecule has 0 saturated heterocycles. The van der Waals surface area contributed by atoms with Gasteiger partial charge in [0.25, 0.3) is 0 Å². The van der Waals surface area contributed by atoms with Gasteiger partial charge < -0.3 is 15.7 Å². The van der Waals surface area contributed by atoms with Gasteiger partial charge >= 0.3 is 12.0 Å². The van der Waals surface area contributed by atoms with E-state index < -0.39 is 5.97 Å². The molecule has 0 aliphatic carbocycles. The maximum absolute atomic E-state index is 11.7. The van der Waals surface area contributed by atoms with Gasteiger partial charge in [-0.15, -0.1) is 0 Å². The number of rotatable bonds is 6. The number of anilines is 1. The zero-order valence-corrected chi connectivity index (χ0v) is 12.8. The summed E-state index contributed by atoms with van der Waals surface area (Å²) in [5.41, 5.74) is 2.25. The number of carboxylic acids is 1. The van der Waals surface area contributed by atoms with E-state index in [1.165, 1.54) is 6.07 Å². The minimum Gasteiger partial charge on any atom is -0.478 e. The van der Waals surface area contributed by atoms with Gasteiger partial charge in [0.05, 0.1) is 5.56 Å². The first-order valence-corrected chi connectivity index (χ1v) is 7.73. The van der Waals surface area contributed by atoms with Gasteiger partial charge in [0.2, 0.25) is 0 Å². The van der Waals surface area contributed by atoms with E-state index in [-0.39, 0.29) is 11.6 Å². The van der Waals surface area contributed by atoms with E-state index in [1.54, 1.807) is 24.8 Å². The number of hydrogen-bond donors (Lipinski definition) is 3. The third kappa shape index (κ3) is 4.77. The van der Waals surface area contributed by atoms with Crippen molar-refractivity contribution in [1.29, 1.82) is 0 Å². The number of aromatic carboxylic acids is 1. The molecule has 0 heterocycles. The zero-order valence-electron chi connectivity index (χ0n) is 11.9. The molecule has 0 fully saturated rings. The molecule has 3 N–H and O–H groups in total. The number of carbonyl (C=O) groups excluding carboxylic acids is 1. The second-order valence-electron chi connectivity index (χ2n) is 4.50. The summed E-state index contributed by atoms with van der Waals surface area (Å²) in [6.07, 6.45) is 2.92. The fraction of sp³-hybridized carbons (Fsp3) is 0.429. The molecule has 5 nitrogen and oxygen atoms in total. The van der Waals surface area contributed by atoms with Gasteiger partial charge in [-0.3, -0.25) is 0 Å². The van der Waals surface area contributed by atoms with E-state index in [1.807, 2.05) is 13.2 Å². The Morgan fingerprint density at radius 3 is 2.60 bits per heavy atom. The average Bonchev–Trinajstić information content (AvgIpc) is 2.38. The Kier molecular flexibility index (Phi) is 6.38. The molecule has 0 radical (unpaired) electrons. The lowest BCUT2D eigenvalue weighted by molar-refractivity contribution is 0.0696. The van der Waals surface area contributed by atoms with Crippen molar-refractivity contribution in [3.8, 4) is 0 Å². The first kappa shape index (κ1) is 16.4. The number of benzene rings is 1. The van der Waals surface area contributed by atoms with Crippen molar-refractivity contribution in [3.63, 3.8) is 0 Å². The van der Waals surface area contributed by atoms with E-state index in [9.17, 15) is 9.59 Å². The first-order chi connectivity index (χ1) is 9.45. The summed E-state index contributed by atoms with van der Waals surface area (Å²) in [7, 11) is 0. The van der Waals surface area contributed by atoms with E-state index >= 15 is 0 Å². The highest BCUT2D eigenvalue weighted by Crippen LogP contribution is 2.20. The highest BCUT2D eigenvalue weighted by molar-refractivity contribution is 7.98. The maximum Gasteiger partial charge on any atom is 0.336 e. The Bertz CT molecular complexity index is 503. The van der Waals surface area contributed by atoms with Crippen molar-refractivity contribution >= 4 is 29.4 Å². The van der Waals surface area contributed by atoms with Gasteiger partial charge in [-0.1, -0.05) is 0 Å². The van der Waals surface area contributed by atoms with Crippen molar-refractivity contribution in [2.45, 2.75) is 20.3 Å². The number of carbonyl (C=O) groups is 2. The van der Waals surface area contributed by atoms with Gasteiger partial charge in [-0.25, -0.2) is 9.59 Å². The molecule has 1 aromatic carbocycles. The van der Waals surface area contributed by atoms with Crippen molar-refractivity contribution in [2.24, 2.45) is 0 Å². The molecule has 20 heavy (non-hydrogen) atoms. The molecule has 0 saturated carbocycles. The Balaban J connectivity index is 2.68. The molecular formula is C14H20N2O3S. The monoisotopic (exact) mass is 296 g/mol. The Labute approximate surface area is 123 Å². The molecular weight excluding hydrogens is 276 g/mol.